The molecule has 0 aromatic carbocycles. The molecule has 0 N–H and O–H groups in total. The van der Waals surface area contributed by atoms with E-state index in [1.54, 1.807) is 7.11 Å². The van der Waals surface area contributed by atoms with Crippen molar-refractivity contribution in [1.82, 2.24) is 10.2 Å². The lowest BCUT2D eigenvalue weighted by molar-refractivity contribution is 0.143. The highest BCUT2D eigenvalue weighted by atomic mass is 16.5. The Kier molecular flexibility index (Phi) is 5.32. The fourth-order valence-corrected chi connectivity index (χ4v) is 1.48. The van der Waals surface area contributed by atoms with E-state index in [2.05, 4.69) is 10.2 Å². The van der Waals surface area contributed by atoms with Gasteiger partial charge in [0.25, 0.3) is 0 Å². The largest absolute Gasteiger partial charge is 0.383 e. The first-order valence-electron chi connectivity index (χ1n) is 4.78. The van der Waals surface area contributed by atoms with Crippen molar-refractivity contribution in [3.05, 3.63) is 0 Å². The number of rotatable bonds is 3. The van der Waals surface area contributed by atoms with Crippen LogP contribution >= 0.6 is 0 Å². The summed E-state index contributed by atoms with van der Waals surface area (Å²) in [6, 6.07) is 0. The number of hydrogen-bond donors (Lipinski definition) is 0. The van der Waals surface area contributed by atoms with Crippen molar-refractivity contribution < 1.29 is 4.74 Å². The molecule has 3 heteroatoms. The normalized spacial score (nSPS) is 21.8. The van der Waals surface area contributed by atoms with Gasteiger partial charge in [-0.15, -0.1) is 0 Å². The van der Waals surface area contributed by atoms with Gasteiger partial charge >= 0.3 is 0 Å². The van der Waals surface area contributed by atoms with E-state index in [0.29, 0.717) is 0 Å². The molecule has 0 saturated carbocycles. The molecule has 0 aliphatic carbocycles. The Morgan fingerprint density at radius 2 is 1.92 bits per heavy atom. The van der Waals surface area contributed by atoms with Crippen LogP contribution in [0.15, 0.2) is 0 Å². The molecule has 1 saturated heterocycles. The maximum atomic E-state index is 5.05. The monoisotopic (exact) mass is 171 g/mol. The standard InChI is InChI=1S/C9H19N2O/c1-12-9-8-11-6-2-4-10-5-3-7-11/h2-9H2,1H3. The summed E-state index contributed by atoms with van der Waals surface area (Å²) in [5.41, 5.74) is 0. The molecule has 71 valence electrons. The third-order valence-corrected chi connectivity index (χ3v) is 2.19. The van der Waals surface area contributed by atoms with E-state index in [-0.39, 0.29) is 0 Å². The third kappa shape index (κ3) is 4.04. The Hall–Kier alpha value is -0.120. The average molecular weight is 171 g/mol. The maximum absolute atomic E-state index is 5.05. The van der Waals surface area contributed by atoms with E-state index < -0.39 is 0 Å². The fourth-order valence-electron chi connectivity index (χ4n) is 1.48. The molecule has 12 heavy (non-hydrogen) atoms. The van der Waals surface area contributed by atoms with Crippen LogP contribution in [-0.2, 0) is 4.74 Å². The highest BCUT2D eigenvalue weighted by Crippen LogP contribution is 1.97. The molecule has 1 aliphatic heterocycles. The molecule has 0 unspecified atom stereocenters. The molecule has 0 amide bonds. The summed E-state index contributed by atoms with van der Waals surface area (Å²) in [7, 11) is 1.76. The molecule has 0 aromatic rings. The van der Waals surface area contributed by atoms with Gasteiger partial charge in [0, 0.05) is 26.7 Å². The Morgan fingerprint density at radius 1 is 1.25 bits per heavy atom. The van der Waals surface area contributed by atoms with Gasteiger partial charge in [0.05, 0.1) is 6.61 Å². The summed E-state index contributed by atoms with van der Waals surface area (Å²) in [5, 5.41) is 4.39. The molecule has 1 rings (SSSR count). The average Bonchev–Trinajstić information content (AvgIpc) is 2.02. The van der Waals surface area contributed by atoms with Crippen LogP contribution < -0.4 is 5.32 Å². The van der Waals surface area contributed by atoms with E-state index >= 15 is 0 Å². The second-order valence-electron chi connectivity index (χ2n) is 3.21. The molecule has 0 spiro atoms. The summed E-state index contributed by atoms with van der Waals surface area (Å²) in [6.07, 6.45) is 2.42. The molecule has 0 aromatic heterocycles. The number of hydrogen-bond acceptors (Lipinski definition) is 2. The smallest absolute Gasteiger partial charge is 0.0589 e. The van der Waals surface area contributed by atoms with Gasteiger partial charge in [-0.05, 0) is 25.9 Å². The van der Waals surface area contributed by atoms with Crippen molar-refractivity contribution in [1.29, 1.82) is 0 Å². The quantitative estimate of drug-likeness (QED) is 0.612. The van der Waals surface area contributed by atoms with Crippen LogP contribution in [0, 0.1) is 0 Å². The Morgan fingerprint density at radius 3 is 2.50 bits per heavy atom. The van der Waals surface area contributed by atoms with Crippen molar-refractivity contribution in [2.45, 2.75) is 12.8 Å². The van der Waals surface area contributed by atoms with Gasteiger partial charge in [-0.25, -0.2) is 5.32 Å². The van der Waals surface area contributed by atoms with Crippen LogP contribution in [0.1, 0.15) is 12.8 Å². The minimum atomic E-state index is 0.858. The highest BCUT2D eigenvalue weighted by molar-refractivity contribution is 4.63. The third-order valence-electron chi connectivity index (χ3n) is 2.19. The number of ether oxygens (including phenoxy) is 1. The van der Waals surface area contributed by atoms with Crippen LogP contribution in [0.5, 0.6) is 0 Å². The summed E-state index contributed by atoms with van der Waals surface area (Å²) >= 11 is 0. The molecule has 0 atom stereocenters. The van der Waals surface area contributed by atoms with E-state index in [1.165, 1.54) is 25.9 Å². The van der Waals surface area contributed by atoms with Crippen LogP contribution in [0.2, 0.25) is 0 Å². The van der Waals surface area contributed by atoms with Gasteiger partial charge < -0.3 is 9.64 Å². The van der Waals surface area contributed by atoms with Crippen LogP contribution in [0.3, 0.4) is 0 Å². The first kappa shape index (κ1) is 9.96. The topological polar surface area (TPSA) is 26.6 Å². The molecule has 1 fully saturated rings. The zero-order valence-corrected chi connectivity index (χ0v) is 7.96. The summed E-state index contributed by atoms with van der Waals surface area (Å²) in [4.78, 5) is 2.47. The second kappa shape index (κ2) is 6.40. The Balaban J connectivity index is 2.11. The van der Waals surface area contributed by atoms with E-state index in [0.717, 1.165) is 26.2 Å². The summed E-state index contributed by atoms with van der Waals surface area (Å²) < 4.78 is 5.05. The molecule has 1 radical (unpaired) electrons. The van der Waals surface area contributed by atoms with Gasteiger partial charge in [-0.3, -0.25) is 0 Å². The minimum absolute atomic E-state index is 0.858. The van der Waals surface area contributed by atoms with E-state index in [9.17, 15) is 0 Å². The molecular formula is C9H19N2O. The lowest BCUT2D eigenvalue weighted by Crippen LogP contribution is -2.34. The van der Waals surface area contributed by atoms with Crippen molar-refractivity contribution in [3.8, 4) is 0 Å². The number of methoxy groups -OCH3 is 1. The maximum Gasteiger partial charge on any atom is 0.0589 e. The van der Waals surface area contributed by atoms with Gasteiger partial charge in [0.1, 0.15) is 0 Å². The predicted molar refractivity (Wildman–Crippen MR) is 49.4 cm³/mol. The Labute approximate surface area is 75.1 Å². The van der Waals surface area contributed by atoms with Crippen LogP contribution in [-0.4, -0.2) is 51.3 Å². The van der Waals surface area contributed by atoms with Gasteiger partial charge in [0.15, 0.2) is 0 Å². The van der Waals surface area contributed by atoms with Crippen LogP contribution in [0.25, 0.3) is 0 Å². The zero-order chi connectivity index (χ0) is 8.65. The fraction of sp³-hybridized carbons (Fsp3) is 1.00. The second-order valence-corrected chi connectivity index (χ2v) is 3.21. The van der Waals surface area contributed by atoms with Crippen molar-refractivity contribution in [2.24, 2.45) is 0 Å². The molecule has 1 aliphatic rings. The first-order valence-corrected chi connectivity index (χ1v) is 4.78. The van der Waals surface area contributed by atoms with Gasteiger partial charge in [-0.1, -0.05) is 0 Å². The minimum Gasteiger partial charge on any atom is -0.383 e. The van der Waals surface area contributed by atoms with E-state index in [1.807, 2.05) is 0 Å². The first-order chi connectivity index (χ1) is 5.93. The van der Waals surface area contributed by atoms with Crippen molar-refractivity contribution in [2.75, 3.05) is 46.4 Å². The lowest BCUT2D eigenvalue weighted by Gasteiger charge is -2.23. The predicted octanol–water partition coefficient (Wildman–Crippen LogP) is 0.333. The van der Waals surface area contributed by atoms with Crippen LogP contribution in [0.4, 0.5) is 0 Å². The number of nitrogens with zero attached hydrogens (tertiary/aromatic N) is 2. The molecular weight excluding hydrogens is 152 g/mol. The summed E-state index contributed by atoms with van der Waals surface area (Å²) in [5.74, 6) is 0. The van der Waals surface area contributed by atoms with E-state index in [4.69, 9.17) is 4.74 Å². The lowest BCUT2D eigenvalue weighted by atomic mass is 10.3. The summed E-state index contributed by atoms with van der Waals surface area (Å²) in [6.45, 7) is 6.40. The van der Waals surface area contributed by atoms with Gasteiger partial charge in [0.2, 0.25) is 0 Å². The molecule has 3 nitrogen and oxygen atoms in total. The van der Waals surface area contributed by atoms with Crippen molar-refractivity contribution >= 4 is 0 Å². The van der Waals surface area contributed by atoms with Gasteiger partial charge in [-0.2, -0.15) is 0 Å². The SMILES string of the molecule is COCCN1CCC[N]CCC1. The molecule has 1 heterocycles. The van der Waals surface area contributed by atoms with Crippen molar-refractivity contribution in [3.63, 3.8) is 0 Å². The highest BCUT2D eigenvalue weighted by Gasteiger charge is 2.06. The Bertz CT molecular complexity index is 97.9. The molecule has 0 bridgehead atoms. The zero-order valence-electron chi connectivity index (χ0n) is 7.96.